The van der Waals surface area contributed by atoms with E-state index in [9.17, 15) is 0 Å². The topological polar surface area (TPSA) is 19.0 Å². The molecule has 1 aliphatic carbocycles. The highest BCUT2D eigenvalue weighted by Gasteiger charge is 2.45. The van der Waals surface area contributed by atoms with E-state index in [1.165, 1.54) is 84.5 Å². The SMILES string of the molecule is CC(C)OCCCN1CCN(CC2CCC3(CC2)CN(C(C)C)C3)CC1. The summed E-state index contributed by atoms with van der Waals surface area (Å²) < 4.78 is 5.66. The van der Waals surface area contributed by atoms with E-state index in [0.717, 1.165) is 18.6 Å². The zero-order valence-electron chi connectivity index (χ0n) is 17.9. The summed E-state index contributed by atoms with van der Waals surface area (Å²) in [6, 6.07) is 0.742. The van der Waals surface area contributed by atoms with Crippen LogP contribution in [0.5, 0.6) is 0 Å². The Morgan fingerprint density at radius 3 is 2.12 bits per heavy atom. The van der Waals surface area contributed by atoms with Crippen LogP contribution in [0, 0.1) is 11.3 Å². The molecular formula is C22H43N3O. The van der Waals surface area contributed by atoms with Gasteiger partial charge in [-0.2, -0.15) is 0 Å². The first kappa shape index (κ1) is 20.6. The van der Waals surface area contributed by atoms with E-state index in [4.69, 9.17) is 4.74 Å². The maximum absolute atomic E-state index is 5.66. The molecule has 26 heavy (non-hydrogen) atoms. The van der Waals surface area contributed by atoms with Gasteiger partial charge in [-0.25, -0.2) is 0 Å². The highest BCUT2D eigenvalue weighted by molar-refractivity contribution is 4.99. The van der Waals surface area contributed by atoms with Gasteiger partial charge in [-0.1, -0.05) is 0 Å². The summed E-state index contributed by atoms with van der Waals surface area (Å²) >= 11 is 0. The second-order valence-electron chi connectivity index (χ2n) is 9.86. The monoisotopic (exact) mass is 365 g/mol. The molecule has 0 aromatic rings. The molecule has 0 amide bonds. The normalized spacial score (nSPS) is 26.1. The summed E-state index contributed by atoms with van der Waals surface area (Å²) in [4.78, 5) is 8.03. The van der Waals surface area contributed by atoms with Gasteiger partial charge in [-0.15, -0.1) is 0 Å². The van der Waals surface area contributed by atoms with Crippen LogP contribution in [0.3, 0.4) is 0 Å². The van der Waals surface area contributed by atoms with Gasteiger partial charge in [0.15, 0.2) is 0 Å². The van der Waals surface area contributed by atoms with Crippen molar-refractivity contribution in [2.24, 2.45) is 11.3 Å². The Balaban J connectivity index is 1.27. The lowest BCUT2D eigenvalue weighted by atomic mass is 9.65. The standard InChI is InChI=1S/C22H43N3O/c1-19(2)25-17-22(18-25)8-6-21(7-9-22)16-24-13-11-23(12-14-24)10-5-15-26-20(3)4/h19-21H,5-18H2,1-4H3. The van der Waals surface area contributed by atoms with Crippen molar-refractivity contribution in [3.8, 4) is 0 Å². The van der Waals surface area contributed by atoms with Crippen LogP contribution in [0.25, 0.3) is 0 Å². The van der Waals surface area contributed by atoms with E-state index in [1.807, 2.05) is 0 Å². The molecule has 2 saturated heterocycles. The summed E-state index contributed by atoms with van der Waals surface area (Å²) in [5, 5.41) is 0. The van der Waals surface area contributed by atoms with E-state index in [2.05, 4.69) is 42.4 Å². The van der Waals surface area contributed by atoms with Crippen LogP contribution >= 0.6 is 0 Å². The zero-order valence-corrected chi connectivity index (χ0v) is 17.9. The number of nitrogens with zero attached hydrogens (tertiary/aromatic N) is 3. The van der Waals surface area contributed by atoms with Crippen LogP contribution in [-0.2, 0) is 4.74 Å². The van der Waals surface area contributed by atoms with E-state index < -0.39 is 0 Å². The minimum atomic E-state index is 0.370. The smallest absolute Gasteiger partial charge is 0.0518 e. The Labute approximate surface area is 162 Å². The van der Waals surface area contributed by atoms with Crippen molar-refractivity contribution >= 4 is 0 Å². The van der Waals surface area contributed by atoms with Gasteiger partial charge in [0.2, 0.25) is 0 Å². The Kier molecular flexibility index (Phi) is 7.40. The summed E-state index contributed by atoms with van der Waals surface area (Å²) in [6.45, 7) is 20.2. The molecule has 0 radical (unpaired) electrons. The van der Waals surface area contributed by atoms with Crippen molar-refractivity contribution in [3.05, 3.63) is 0 Å². The minimum Gasteiger partial charge on any atom is -0.379 e. The Morgan fingerprint density at radius 1 is 0.923 bits per heavy atom. The van der Waals surface area contributed by atoms with Crippen LogP contribution in [0.15, 0.2) is 0 Å². The molecule has 152 valence electrons. The fourth-order valence-electron chi connectivity index (χ4n) is 5.14. The average Bonchev–Trinajstić information content (AvgIpc) is 2.58. The lowest BCUT2D eigenvalue weighted by Gasteiger charge is -2.55. The minimum absolute atomic E-state index is 0.370. The molecule has 3 rings (SSSR count). The van der Waals surface area contributed by atoms with Crippen molar-refractivity contribution in [2.75, 3.05) is 59.0 Å². The van der Waals surface area contributed by atoms with Gasteiger partial charge in [-0.3, -0.25) is 4.90 Å². The van der Waals surface area contributed by atoms with Crippen LogP contribution in [0.1, 0.15) is 59.8 Å². The maximum Gasteiger partial charge on any atom is 0.0518 e. The second-order valence-corrected chi connectivity index (χ2v) is 9.86. The van der Waals surface area contributed by atoms with Gasteiger partial charge in [0, 0.05) is 65.0 Å². The van der Waals surface area contributed by atoms with E-state index >= 15 is 0 Å². The van der Waals surface area contributed by atoms with E-state index in [0.29, 0.717) is 11.5 Å². The van der Waals surface area contributed by atoms with Crippen molar-refractivity contribution < 1.29 is 4.74 Å². The molecule has 1 saturated carbocycles. The first-order valence-electron chi connectivity index (χ1n) is 11.3. The van der Waals surface area contributed by atoms with Gasteiger partial charge in [0.05, 0.1) is 6.10 Å². The van der Waals surface area contributed by atoms with Gasteiger partial charge in [0.25, 0.3) is 0 Å². The van der Waals surface area contributed by atoms with Crippen LogP contribution < -0.4 is 0 Å². The van der Waals surface area contributed by atoms with E-state index in [1.54, 1.807) is 0 Å². The van der Waals surface area contributed by atoms with Gasteiger partial charge < -0.3 is 14.5 Å². The summed E-state index contributed by atoms with van der Waals surface area (Å²) in [7, 11) is 0. The molecule has 0 aromatic heterocycles. The fraction of sp³-hybridized carbons (Fsp3) is 1.00. The molecule has 0 atom stereocenters. The summed E-state index contributed by atoms with van der Waals surface area (Å²) in [6.07, 6.45) is 7.45. The third-order valence-corrected chi connectivity index (χ3v) is 7.02. The number of likely N-dealkylation sites (tertiary alicyclic amines) is 1. The molecule has 0 bridgehead atoms. The van der Waals surface area contributed by atoms with Gasteiger partial charge in [0.1, 0.15) is 0 Å². The Bertz CT molecular complexity index is 402. The molecule has 2 heterocycles. The van der Waals surface area contributed by atoms with Crippen LogP contribution in [0.2, 0.25) is 0 Å². The molecule has 0 unspecified atom stereocenters. The van der Waals surface area contributed by atoms with Crippen LogP contribution in [0.4, 0.5) is 0 Å². The Hall–Kier alpha value is -0.160. The van der Waals surface area contributed by atoms with Crippen LogP contribution in [-0.4, -0.2) is 85.8 Å². The highest BCUT2D eigenvalue weighted by atomic mass is 16.5. The fourth-order valence-corrected chi connectivity index (χ4v) is 5.14. The van der Waals surface area contributed by atoms with Crippen molar-refractivity contribution in [3.63, 3.8) is 0 Å². The number of piperazine rings is 1. The molecule has 3 fully saturated rings. The molecule has 0 N–H and O–H groups in total. The third-order valence-electron chi connectivity index (χ3n) is 7.02. The number of hydrogen-bond acceptors (Lipinski definition) is 4. The molecule has 3 aliphatic rings. The first-order valence-corrected chi connectivity index (χ1v) is 11.3. The molecule has 4 heteroatoms. The maximum atomic E-state index is 5.66. The molecule has 4 nitrogen and oxygen atoms in total. The van der Waals surface area contributed by atoms with Gasteiger partial charge >= 0.3 is 0 Å². The van der Waals surface area contributed by atoms with Crippen molar-refractivity contribution in [1.29, 1.82) is 0 Å². The predicted octanol–water partition coefficient (Wildman–Crippen LogP) is 3.32. The number of rotatable bonds is 8. The number of hydrogen-bond donors (Lipinski definition) is 0. The van der Waals surface area contributed by atoms with Crippen molar-refractivity contribution in [2.45, 2.75) is 71.9 Å². The second kappa shape index (κ2) is 9.36. The molecule has 0 aromatic carbocycles. The lowest BCUT2D eigenvalue weighted by molar-refractivity contribution is -0.0582. The summed E-state index contributed by atoms with van der Waals surface area (Å²) in [5.41, 5.74) is 0.706. The third kappa shape index (κ3) is 5.67. The lowest BCUT2D eigenvalue weighted by Crippen LogP contribution is -2.60. The van der Waals surface area contributed by atoms with E-state index in [-0.39, 0.29) is 0 Å². The number of ether oxygens (including phenoxy) is 1. The molecular weight excluding hydrogens is 322 g/mol. The van der Waals surface area contributed by atoms with Gasteiger partial charge in [-0.05, 0) is 71.1 Å². The largest absolute Gasteiger partial charge is 0.379 e. The van der Waals surface area contributed by atoms with Crippen molar-refractivity contribution in [1.82, 2.24) is 14.7 Å². The Morgan fingerprint density at radius 2 is 1.54 bits per heavy atom. The summed E-state index contributed by atoms with van der Waals surface area (Å²) in [5.74, 6) is 0.958. The highest BCUT2D eigenvalue weighted by Crippen LogP contribution is 2.46. The molecule has 2 aliphatic heterocycles. The molecule has 1 spiro atoms. The average molecular weight is 366 g/mol. The quantitative estimate of drug-likeness (QED) is 0.614. The first-order chi connectivity index (χ1) is 12.5. The zero-order chi connectivity index (χ0) is 18.6. The predicted molar refractivity (Wildman–Crippen MR) is 110 cm³/mol.